The van der Waals surface area contributed by atoms with E-state index in [9.17, 15) is 4.79 Å². The summed E-state index contributed by atoms with van der Waals surface area (Å²) in [6, 6.07) is 21.1. The van der Waals surface area contributed by atoms with Gasteiger partial charge in [-0.3, -0.25) is 9.69 Å². The second-order valence-corrected chi connectivity index (χ2v) is 9.19. The van der Waals surface area contributed by atoms with Crippen LogP contribution in [-0.4, -0.2) is 10.9 Å². The maximum atomic E-state index is 13.4. The molecule has 2 aromatic carbocycles. The van der Waals surface area contributed by atoms with E-state index >= 15 is 0 Å². The van der Waals surface area contributed by atoms with Crippen LogP contribution in [0, 0.1) is 12.3 Å². The summed E-state index contributed by atoms with van der Waals surface area (Å²) in [5, 5.41) is 1.49. The molecule has 5 heteroatoms. The van der Waals surface area contributed by atoms with Gasteiger partial charge >= 0.3 is 0 Å². The highest BCUT2D eigenvalue weighted by molar-refractivity contribution is 6.30. The molecule has 1 fully saturated rings. The smallest absolute Gasteiger partial charge is 0.234 e. The van der Waals surface area contributed by atoms with Crippen LogP contribution in [0.3, 0.4) is 0 Å². The zero-order chi connectivity index (χ0) is 23.1. The van der Waals surface area contributed by atoms with Crippen LogP contribution in [0.15, 0.2) is 85.6 Å². The fraction of sp³-hybridized carbons (Fsp3) is 0.259. The minimum absolute atomic E-state index is 0.0306. The number of nitrogens with zero attached hydrogens (tertiary/aromatic N) is 2. The number of carbonyl (C=O) groups excluding carboxylic acids is 1. The molecule has 1 aliphatic heterocycles. The van der Waals surface area contributed by atoms with Crippen molar-refractivity contribution in [2.24, 2.45) is 5.41 Å². The number of amides is 1. The lowest BCUT2D eigenvalue weighted by atomic mass is 9.75. The number of halogens is 2. The van der Waals surface area contributed by atoms with Crippen LogP contribution in [0.4, 0.5) is 5.82 Å². The quantitative estimate of drug-likeness (QED) is 0.366. The van der Waals surface area contributed by atoms with Crippen LogP contribution in [0.5, 0.6) is 0 Å². The van der Waals surface area contributed by atoms with E-state index in [1.807, 2.05) is 91.6 Å². The lowest BCUT2D eigenvalue weighted by molar-refractivity contribution is -0.130. The maximum absolute atomic E-state index is 13.4. The summed E-state index contributed by atoms with van der Waals surface area (Å²) in [4.78, 5) is 19.8. The number of allylic oxidation sites excluding steroid dienone is 1. The minimum Gasteiger partial charge on any atom is -0.289 e. The molecule has 4 rings (SSSR count). The number of hydrogen-bond acceptors (Lipinski definition) is 2. The van der Waals surface area contributed by atoms with E-state index in [-0.39, 0.29) is 11.9 Å². The first-order chi connectivity index (χ1) is 15.3. The molecule has 0 bridgehead atoms. The molecule has 1 amide bonds. The molecule has 166 valence electrons. The van der Waals surface area contributed by atoms with Gasteiger partial charge in [-0.05, 0) is 73.7 Å². The van der Waals surface area contributed by atoms with Gasteiger partial charge in [-0.2, -0.15) is 0 Å². The first-order valence-electron chi connectivity index (χ1n) is 10.7. The van der Waals surface area contributed by atoms with Crippen molar-refractivity contribution in [2.75, 3.05) is 4.90 Å². The lowest BCUT2D eigenvalue weighted by Gasteiger charge is -2.44. The number of piperidine rings is 1. The van der Waals surface area contributed by atoms with Crippen molar-refractivity contribution in [3.05, 3.63) is 107 Å². The molecule has 0 aliphatic carbocycles. The van der Waals surface area contributed by atoms with Gasteiger partial charge in [0.05, 0.1) is 11.5 Å². The highest BCUT2D eigenvalue weighted by atomic mass is 35.5. The molecule has 2 atom stereocenters. The van der Waals surface area contributed by atoms with Crippen molar-refractivity contribution in [3.63, 3.8) is 0 Å². The second-order valence-electron chi connectivity index (χ2n) is 8.32. The summed E-state index contributed by atoms with van der Waals surface area (Å²) in [5.74, 6) is 0.816. The number of aryl methyl sites for hydroxylation is 1. The first-order valence-corrected chi connectivity index (χ1v) is 11.4. The average molecular weight is 467 g/mol. The summed E-state index contributed by atoms with van der Waals surface area (Å²) in [6.45, 7) is 7.87. The lowest BCUT2D eigenvalue weighted by Crippen LogP contribution is -2.49. The number of carbonyl (C=O) groups is 1. The highest BCUT2D eigenvalue weighted by Crippen LogP contribution is 2.44. The summed E-state index contributed by atoms with van der Waals surface area (Å²) >= 11 is 11.6. The van der Waals surface area contributed by atoms with Crippen LogP contribution in [0.25, 0.3) is 0 Å². The Bertz CT molecular complexity index is 1050. The Morgan fingerprint density at radius 1 is 1.09 bits per heavy atom. The van der Waals surface area contributed by atoms with Gasteiger partial charge in [-0.15, -0.1) is 6.58 Å². The molecule has 0 N–H and O–H groups in total. The van der Waals surface area contributed by atoms with Gasteiger partial charge in [-0.25, -0.2) is 4.98 Å². The number of aromatic nitrogens is 1. The Morgan fingerprint density at radius 2 is 1.75 bits per heavy atom. The molecule has 32 heavy (non-hydrogen) atoms. The Hall–Kier alpha value is -2.62. The first kappa shape index (κ1) is 24.0. The topological polar surface area (TPSA) is 33.2 Å². The van der Waals surface area contributed by atoms with E-state index in [1.54, 1.807) is 6.20 Å². The predicted molar refractivity (Wildman–Crippen MR) is 134 cm³/mol. The van der Waals surface area contributed by atoms with Gasteiger partial charge in [0.2, 0.25) is 5.91 Å². The molecule has 2 heterocycles. The third-order valence-electron chi connectivity index (χ3n) is 5.75. The largest absolute Gasteiger partial charge is 0.289 e. The molecular formula is C27H28Cl2N2O. The third-order valence-corrected chi connectivity index (χ3v) is 6.25. The highest BCUT2D eigenvalue weighted by Gasteiger charge is 2.44. The van der Waals surface area contributed by atoms with Gasteiger partial charge in [0, 0.05) is 16.2 Å². The average Bonchev–Trinajstić information content (AvgIpc) is 2.77. The van der Waals surface area contributed by atoms with Crippen LogP contribution in [0.1, 0.15) is 43.4 Å². The number of pyridine rings is 1. The molecule has 1 aliphatic rings. The molecule has 3 aromatic rings. The van der Waals surface area contributed by atoms with E-state index < -0.39 is 5.41 Å². The SMILES string of the molecule is C=CCC1(C)CC[C@@H](c2ccc(Cl)cc2)N(c2cc(C)ccn2)C1=O.Clc1ccccc1. The summed E-state index contributed by atoms with van der Waals surface area (Å²) in [7, 11) is 0. The Balaban J connectivity index is 0.000000352. The summed E-state index contributed by atoms with van der Waals surface area (Å²) in [6.07, 6.45) is 5.97. The van der Waals surface area contributed by atoms with Gasteiger partial charge < -0.3 is 0 Å². The maximum Gasteiger partial charge on any atom is 0.234 e. The van der Waals surface area contributed by atoms with Crippen LogP contribution < -0.4 is 4.90 Å². The van der Waals surface area contributed by atoms with Crippen molar-refractivity contribution in [3.8, 4) is 0 Å². The molecule has 1 saturated heterocycles. The Kier molecular flexibility index (Phi) is 8.11. The second kappa shape index (κ2) is 10.8. The molecule has 0 saturated carbocycles. The monoisotopic (exact) mass is 466 g/mol. The predicted octanol–water partition coefficient (Wildman–Crippen LogP) is 7.83. The summed E-state index contributed by atoms with van der Waals surface area (Å²) < 4.78 is 0. The normalized spacial score (nSPS) is 20.3. The van der Waals surface area contributed by atoms with Crippen LogP contribution >= 0.6 is 23.2 Å². The fourth-order valence-corrected chi connectivity index (χ4v) is 4.23. The Morgan fingerprint density at radius 3 is 2.31 bits per heavy atom. The van der Waals surface area contributed by atoms with Crippen LogP contribution in [-0.2, 0) is 4.79 Å². The molecular weight excluding hydrogens is 439 g/mol. The van der Waals surface area contributed by atoms with E-state index in [1.165, 1.54) is 0 Å². The van der Waals surface area contributed by atoms with E-state index in [4.69, 9.17) is 23.2 Å². The number of anilines is 1. The van der Waals surface area contributed by atoms with Crippen molar-refractivity contribution in [1.82, 2.24) is 4.98 Å². The summed E-state index contributed by atoms with van der Waals surface area (Å²) in [5.41, 5.74) is 1.74. The Labute approximate surface area is 200 Å². The van der Waals surface area contributed by atoms with E-state index in [2.05, 4.69) is 11.6 Å². The number of hydrogen-bond donors (Lipinski definition) is 0. The van der Waals surface area contributed by atoms with E-state index in [0.717, 1.165) is 29.0 Å². The van der Waals surface area contributed by atoms with Gasteiger partial charge in [0.1, 0.15) is 5.82 Å². The van der Waals surface area contributed by atoms with Gasteiger partial charge in [-0.1, -0.05) is 66.5 Å². The zero-order valence-corrected chi connectivity index (χ0v) is 20.0. The molecule has 1 aromatic heterocycles. The number of rotatable bonds is 4. The molecule has 1 unspecified atom stereocenters. The van der Waals surface area contributed by atoms with Crippen LogP contribution in [0.2, 0.25) is 10.0 Å². The number of benzene rings is 2. The van der Waals surface area contributed by atoms with Crippen molar-refractivity contribution in [1.29, 1.82) is 0 Å². The molecule has 3 nitrogen and oxygen atoms in total. The fourth-order valence-electron chi connectivity index (χ4n) is 3.96. The molecule has 0 radical (unpaired) electrons. The standard InChI is InChI=1S/C21H23ClN2O.C6H5Cl/c1-4-11-21(3)12-9-18(16-5-7-17(22)8-6-16)24(20(21)25)19-14-15(2)10-13-23-19;7-6-4-2-1-3-5-6/h4-8,10,13-14,18H,1,9,11-12H2,2-3H3;1-5H/t18-,21?;/m0./s1. The van der Waals surface area contributed by atoms with Gasteiger partial charge in [0.25, 0.3) is 0 Å². The minimum atomic E-state index is -0.434. The van der Waals surface area contributed by atoms with Gasteiger partial charge in [0.15, 0.2) is 0 Å². The van der Waals surface area contributed by atoms with Crippen molar-refractivity contribution < 1.29 is 4.79 Å². The van der Waals surface area contributed by atoms with Crippen molar-refractivity contribution >= 4 is 34.9 Å². The zero-order valence-electron chi connectivity index (χ0n) is 18.5. The third kappa shape index (κ3) is 5.79. The van der Waals surface area contributed by atoms with Crippen molar-refractivity contribution in [2.45, 2.75) is 39.2 Å². The molecule has 0 spiro atoms. The van der Waals surface area contributed by atoms with E-state index in [0.29, 0.717) is 17.3 Å².